The zero-order valence-electron chi connectivity index (χ0n) is 15.5. The molecule has 0 aliphatic rings. The van der Waals surface area contributed by atoms with E-state index >= 15 is 0 Å². The summed E-state index contributed by atoms with van der Waals surface area (Å²) in [4.78, 5) is 6.84. The normalized spacial score (nSPS) is 12.0. The highest BCUT2D eigenvalue weighted by Crippen LogP contribution is 2.16. The minimum absolute atomic E-state index is 0. The number of nitrogens with zero attached hydrogens (tertiary/aromatic N) is 2. The average Bonchev–Trinajstić information content (AvgIpc) is 2.45. The number of guanidine groups is 1. The fraction of sp³-hybridized carbons (Fsp3) is 0.611. The summed E-state index contributed by atoms with van der Waals surface area (Å²) in [5.41, 5.74) is 0.834. The second-order valence-electron chi connectivity index (χ2n) is 6.87. The third-order valence-electron chi connectivity index (χ3n) is 3.40. The van der Waals surface area contributed by atoms with Gasteiger partial charge in [0.2, 0.25) is 0 Å². The van der Waals surface area contributed by atoms with E-state index in [1.54, 1.807) is 6.07 Å². The van der Waals surface area contributed by atoms with Crippen LogP contribution in [0.3, 0.4) is 0 Å². The lowest BCUT2D eigenvalue weighted by molar-refractivity contribution is 0.248. The highest BCUT2D eigenvalue weighted by molar-refractivity contribution is 14.0. The summed E-state index contributed by atoms with van der Waals surface area (Å²) in [6.45, 7) is 9.63. The van der Waals surface area contributed by atoms with Crippen LogP contribution in [0, 0.1) is 11.2 Å². The predicted octanol–water partition coefficient (Wildman–Crippen LogP) is 3.13. The quantitative estimate of drug-likeness (QED) is 0.363. The maximum absolute atomic E-state index is 13.6. The summed E-state index contributed by atoms with van der Waals surface area (Å²) in [6.07, 6.45) is 0.637. The van der Waals surface area contributed by atoms with Crippen LogP contribution in [0.1, 0.15) is 26.3 Å². The molecule has 0 unspecified atom stereocenters. The zero-order valence-corrected chi connectivity index (χ0v) is 17.9. The van der Waals surface area contributed by atoms with Crippen LogP contribution in [0.5, 0.6) is 0 Å². The Balaban J connectivity index is 0.00000529. The van der Waals surface area contributed by atoms with Crippen molar-refractivity contribution in [2.45, 2.75) is 27.2 Å². The molecule has 0 aliphatic carbocycles. The van der Waals surface area contributed by atoms with Crippen molar-refractivity contribution in [2.75, 3.05) is 40.3 Å². The first-order chi connectivity index (χ1) is 10.8. The molecule has 1 rings (SSSR count). The Morgan fingerprint density at radius 2 is 1.88 bits per heavy atom. The fourth-order valence-electron chi connectivity index (χ4n) is 2.56. The maximum atomic E-state index is 13.6. The van der Waals surface area contributed by atoms with Crippen molar-refractivity contribution in [1.82, 2.24) is 15.5 Å². The summed E-state index contributed by atoms with van der Waals surface area (Å²) >= 11 is 0. The van der Waals surface area contributed by atoms with Crippen molar-refractivity contribution in [3.8, 4) is 0 Å². The molecular weight excluding hydrogens is 418 g/mol. The van der Waals surface area contributed by atoms with E-state index in [2.05, 4.69) is 48.5 Å². The van der Waals surface area contributed by atoms with Gasteiger partial charge in [0.1, 0.15) is 5.82 Å². The SMILES string of the molecule is CCNC(=NCC(C)(C)CN(C)C)NCCc1ccccc1F.I. The topological polar surface area (TPSA) is 39.7 Å². The van der Waals surface area contributed by atoms with Gasteiger partial charge in [0, 0.05) is 26.2 Å². The van der Waals surface area contributed by atoms with Gasteiger partial charge in [-0.1, -0.05) is 32.0 Å². The van der Waals surface area contributed by atoms with E-state index in [-0.39, 0.29) is 35.2 Å². The molecule has 0 saturated carbocycles. The molecular formula is C18H32FIN4. The third-order valence-corrected chi connectivity index (χ3v) is 3.40. The van der Waals surface area contributed by atoms with Crippen molar-refractivity contribution in [3.63, 3.8) is 0 Å². The number of nitrogens with one attached hydrogen (secondary N) is 2. The molecule has 0 saturated heterocycles. The summed E-state index contributed by atoms with van der Waals surface area (Å²) < 4.78 is 13.6. The molecule has 4 nitrogen and oxygen atoms in total. The molecule has 0 radical (unpaired) electrons. The van der Waals surface area contributed by atoms with E-state index < -0.39 is 0 Å². The Hall–Kier alpha value is -0.890. The molecule has 0 bridgehead atoms. The van der Waals surface area contributed by atoms with Gasteiger partial charge < -0.3 is 15.5 Å². The van der Waals surface area contributed by atoms with E-state index in [0.717, 1.165) is 31.2 Å². The molecule has 24 heavy (non-hydrogen) atoms. The first kappa shape index (κ1) is 23.1. The number of hydrogen-bond donors (Lipinski definition) is 2. The smallest absolute Gasteiger partial charge is 0.191 e. The van der Waals surface area contributed by atoms with Gasteiger partial charge in [-0.25, -0.2) is 4.39 Å². The molecule has 2 N–H and O–H groups in total. The summed E-state index contributed by atoms with van der Waals surface area (Å²) in [5.74, 6) is 0.638. The van der Waals surface area contributed by atoms with Gasteiger partial charge >= 0.3 is 0 Å². The molecule has 1 aromatic rings. The Morgan fingerprint density at radius 3 is 2.46 bits per heavy atom. The average molecular weight is 450 g/mol. The van der Waals surface area contributed by atoms with Gasteiger partial charge in [-0.05, 0) is 44.5 Å². The molecule has 0 heterocycles. The molecule has 0 spiro atoms. The predicted molar refractivity (Wildman–Crippen MR) is 112 cm³/mol. The molecule has 0 fully saturated rings. The van der Waals surface area contributed by atoms with Gasteiger partial charge in [-0.3, -0.25) is 4.99 Å². The van der Waals surface area contributed by atoms with Crippen molar-refractivity contribution in [3.05, 3.63) is 35.6 Å². The third kappa shape index (κ3) is 9.42. The van der Waals surface area contributed by atoms with E-state index in [4.69, 9.17) is 0 Å². The van der Waals surface area contributed by atoms with E-state index in [1.165, 1.54) is 6.07 Å². The zero-order chi connectivity index (χ0) is 17.3. The van der Waals surface area contributed by atoms with Gasteiger partial charge in [-0.15, -0.1) is 24.0 Å². The number of aliphatic imine (C=N–C) groups is 1. The number of benzene rings is 1. The number of hydrogen-bond acceptors (Lipinski definition) is 2. The first-order valence-electron chi connectivity index (χ1n) is 8.24. The lowest BCUT2D eigenvalue weighted by Gasteiger charge is -2.26. The summed E-state index contributed by atoms with van der Waals surface area (Å²) in [7, 11) is 4.15. The Kier molecular flexibility index (Phi) is 11.2. The fourth-order valence-corrected chi connectivity index (χ4v) is 2.56. The van der Waals surface area contributed by atoms with Gasteiger partial charge in [0.15, 0.2) is 5.96 Å². The highest BCUT2D eigenvalue weighted by atomic mass is 127. The Bertz CT molecular complexity index is 504. The lowest BCUT2D eigenvalue weighted by atomic mass is 9.93. The van der Waals surface area contributed by atoms with Crippen molar-refractivity contribution >= 4 is 29.9 Å². The van der Waals surface area contributed by atoms with E-state index in [0.29, 0.717) is 13.0 Å². The van der Waals surface area contributed by atoms with Gasteiger partial charge in [0.05, 0.1) is 0 Å². The first-order valence-corrected chi connectivity index (χ1v) is 8.24. The van der Waals surface area contributed by atoms with E-state index in [9.17, 15) is 4.39 Å². The molecule has 0 aromatic heterocycles. The summed E-state index contributed by atoms with van der Waals surface area (Å²) in [6, 6.07) is 6.89. The standard InChI is InChI=1S/C18H31FN4.HI/c1-6-20-17(22-13-18(2,3)14-23(4)5)21-12-11-15-9-7-8-10-16(15)19;/h7-10H,6,11-14H2,1-5H3,(H2,20,21,22);1H. The van der Waals surface area contributed by atoms with Gasteiger partial charge in [0.25, 0.3) is 0 Å². The van der Waals surface area contributed by atoms with Crippen molar-refractivity contribution < 1.29 is 4.39 Å². The lowest BCUT2D eigenvalue weighted by Crippen LogP contribution is -2.40. The van der Waals surface area contributed by atoms with Crippen LogP contribution >= 0.6 is 24.0 Å². The van der Waals surface area contributed by atoms with Crippen LogP contribution in [0.2, 0.25) is 0 Å². The Morgan fingerprint density at radius 1 is 1.21 bits per heavy atom. The number of rotatable bonds is 8. The van der Waals surface area contributed by atoms with Crippen LogP contribution in [-0.4, -0.2) is 51.1 Å². The molecule has 0 atom stereocenters. The molecule has 0 amide bonds. The van der Waals surface area contributed by atoms with Crippen LogP contribution in [-0.2, 0) is 6.42 Å². The van der Waals surface area contributed by atoms with Gasteiger partial charge in [-0.2, -0.15) is 0 Å². The summed E-state index contributed by atoms with van der Waals surface area (Å²) in [5, 5.41) is 6.52. The molecule has 1 aromatic carbocycles. The maximum Gasteiger partial charge on any atom is 0.191 e. The molecule has 6 heteroatoms. The minimum atomic E-state index is -0.150. The van der Waals surface area contributed by atoms with Crippen LogP contribution in [0.25, 0.3) is 0 Å². The second-order valence-corrected chi connectivity index (χ2v) is 6.87. The van der Waals surface area contributed by atoms with Crippen molar-refractivity contribution in [1.29, 1.82) is 0 Å². The molecule has 138 valence electrons. The van der Waals surface area contributed by atoms with Crippen molar-refractivity contribution in [2.24, 2.45) is 10.4 Å². The van der Waals surface area contributed by atoms with E-state index in [1.807, 2.05) is 19.1 Å². The second kappa shape index (κ2) is 11.6. The van der Waals surface area contributed by atoms with Crippen LogP contribution in [0.4, 0.5) is 4.39 Å². The molecule has 0 aliphatic heterocycles. The monoisotopic (exact) mass is 450 g/mol. The van der Waals surface area contributed by atoms with Crippen LogP contribution in [0.15, 0.2) is 29.3 Å². The highest BCUT2D eigenvalue weighted by Gasteiger charge is 2.18. The largest absolute Gasteiger partial charge is 0.357 e. The number of halogens is 2. The van der Waals surface area contributed by atoms with Crippen LogP contribution < -0.4 is 10.6 Å². The minimum Gasteiger partial charge on any atom is -0.357 e. The Labute approximate surface area is 163 Å².